The van der Waals surface area contributed by atoms with Crippen LogP contribution in [0.15, 0.2) is 152 Å². The number of hydrogen-bond donors (Lipinski definition) is 0. The molecule has 0 radical (unpaired) electrons. The first kappa shape index (κ1) is 25.6. The van der Waals surface area contributed by atoms with Crippen LogP contribution in [0, 0.1) is 0 Å². The third-order valence-electron chi connectivity index (χ3n) is 7.80. The molecule has 0 spiro atoms. The molecule has 0 bridgehead atoms. The highest BCUT2D eigenvalue weighted by molar-refractivity contribution is 6.10. The Bertz CT molecular complexity index is 2260. The molecule has 0 atom stereocenters. The van der Waals surface area contributed by atoms with Crippen LogP contribution in [0.2, 0.25) is 0 Å². The van der Waals surface area contributed by atoms with Crippen molar-refractivity contribution < 1.29 is 0 Å². The van der Waals surface area contributed by atoms with E-state index >= 15 is 0 Å². The van der Waals surface area contributed by atoms with Crippen LogP contribution in [-0.4, -0.2) is 24.9 Å². The SMILES string of the molecule is c1ccc(-c2nc(-c3ccc(-c4cccnc4)cc3)cc(-c3cccc(-c4nc5ccccc5c5ccccc45)n3)n2)cc1. The molecular formula is C39H25N5. The van der Waals surface area contributed by atoms with Gasteiger partial charge in [0.25, 0.3) is 0 Å². The van der Waals surface area contributed by atoms with Gasteiger partial charge in [0.05, 0.1) is 34.0 Å². The molecular weight excluding hydrogens is 538 g/mol. The van der Waals surface area contributed by atoms with Gasteiger partial charge in [0.2, 0.25) is 0 Å². The standard InChI is InChI=1S/C39H25N5/c1-2-10-28(11-3-1)39-43-36(27-21-19-26(20-22-27)29-12-9-23-40-25-29)24-37(44-39)34-17-8-18-35(41-34)38-32-15-5-4-13-30(32)31-14-6-7-16-33(31)42-38/h1-25H. The van der Waals surface area contributed by atoms with Crippen molar-refractivity contribution in [3.63, 3.8) is 0 Å². The number of aromatic nitrogens is 5. The molecule has 4 aromatic heterocycles. The van der Waals surface area contributed by atoms with Crippen molar-refractivity contribution in [3.8, 4) is 56.5 Å². The van der Waals surface area contributed by atoms with Gasteiger partial charge in [-0.15, -0.1) is 0 Å². The van der Waals surface area contributed by atoms with E-state index in [1.807, 2.05) is 72.9 Å². The smallest absolute Gasteiger partial charge is 0.160 e. The summed E-state index contributed by atoms with van der Waals surface area (Å²) in [5, 5.41) is 3.36. The Kier molecular flexibility index (Phi) is 6.39. The minimum atomic E-state index is 0.649. The third-order valence-corrected chi connectivity index (χ3v) is 7.80. The first-order valence-corrected chi connectivity index (χ1v) is 14.5. The molecule has 0 aliphatic rings. The molecule has 0 amide bonds. The number of nitrogens with zero attached hydrogens (tertiary/aromatic N) is 5. The maximum Gasteiger partial charge on any atom is 0.160 e. The summed E-state index contributed by atoms with van der Waals surface area (Å²) in [5.41, 5.74) is 9.04. The zero-order chi connectivity index (χ0) is 29.3. The average molecular weight is 564 g/mol. The Balaban J connectivity index is 1.27. The molecule has 0 fully saturated rings. The lowest BCUT2D eigenvalue weighted by molar-refractivity contribution is 1.16. The van der Waals surface area contributed by atoms with E-state index in [4.69, 9.17) is 19.9 Å². The molecule has 0 saturated carbocycles. The highest BCUT2D eigenvalue weighted by Crippen LogP contribution is 2.33. The number of hydrogen-bond acceptors (Lipinski definition) is 5. The van der Waals surface area contributed by atoms with Gasteiger partial charge in [-0.3, -0.25) is 4.98 Å². The Morgan fingerprint density at radius 2 is 1.05 bits per heavy atom. The van der Waals surface area contributed by atoms with Gasteiger partial charge < -0.3 is 0 Å². The van der Waals surface area contributed by atoms with Crippen LogP contribution < -0.4 is 0 Å². The molecule has 5 heteroatoms. The minimum Gasteiger partial charge on any atom is -0.264 e. The predicted molar refractivity (Wildman–Crippen MR) is 178 cm³/mol. The molecule has 8 rings (SSSR count). The largest absolute Gasteiger partial charge is 0.264 e. The fourth-order valence-electron chi connectivity index (χ4n) is 5.62. The highest BCUT2D eigenvalue weighted by Gasteiger charge is 2.15. The monoisotopic (exact) mass is 563 g/mol. The second kappa shape index (κ2) is 11.0. The van der Waals surface area contributed by atoms with Crippen molar-refractivity contribution in [1.29, 1.82) is 0 Å². The maximum absolute atomic E-state index is 5.13. The Morgan fingerprint density at radius 3 is 1.86 bits per heavy atom. The first-order chi connectivity index (χ1) is 21.8. The summed E-state index contributed by atoms with van der Waals surface area (Å²) < 4.78 is 0. The zero-order valence-electron chi connectivity index (χ0n) is 23.7. The second-order valence-electron chi connectivity index (χ2n) is 10.6. The summed E-state index contributed by atoms with van der Waals surface area (Å²) in [6.07, 6.45) is 3.66. The molecule has 0 N–H and O–H groups in total. The highest BCUT2D eigenvalue weighted by atomic mass is 14.9. The molecule has 0 aliphatic carbocycles. The van der Waals surface area contributed by atoms with Crippen molar-refractivity contribution in [1.82, 2.24) is 24.9 Å². The van der Waals surface area contributed by atoms with E-state index < -0.39 is 0 Å². The van der Waals surface area contributed by atoms with E-state index in [1.165, 1.54) is 0 Å². The summed E-state index contributed by atoms with van der Waals surface area (Å²) in [6.45, 7) is 0. The lowest BCUT2D eigenvalue weighted by atomic mass is 10.0. The van der Waals surface area contributed by atoms with Crippen LogP contribution in [0.4, 0.5) is 0 Å². The van der Waals surface area contributed by atoms with E-state index in [0.29, 0.717) is 5.82 Å². The van der Waals surface area contributed by atoms with Gasteiger partial charge in [0.15, 0.2) is 5.82 Å². The van der Waals surface area contributed by atoms with Gasteiger partial charge in [-0.2, -0.15) is 0 Å². The molecule has 0 unspecified atom stereocenters. The molecule has 0 saturated heterocycles. The Labute approximate surface area is 254 Å². The normalized spacial score (nSPS) is 11.2. The van der Waals surface area contributed by atoms with Crippen molar-refractivity contribution in [3.05, 3.63) is 152 Å². The summed E-state index contributed by atoms with van der Waals surface area (Å²) in [5.74, 6) is 0.649. The zero-order valence-corrected chi connectivity index (χ0v) is 23.7. The van der Waals surface area contributed by atoms with Gasteiger partial charge in [-0.1, -0.05) is 109 Å². The van der Waals surface area contributed by atoms with E-state index in [1.54, 1.807) is 6.20 Å². The summed E-state index contributed by atoms with van der Waals surface area (Å²) in [4.78, 5) is 24.5. The van der Waals surface area contributed by atoms with E-state index in [0.717, 1.165) is 72.4 Å². The summed E-state index contributed by atoms with van der Waals surface area (Å²) >= 11 is 0. The molecule has 44 heavy (non-hydrogen) atoms. The van der Waals surface area contributed by atoms with Gasteiger partial charge >= 0.3 is 0 Å². The van der Waals surface area contributed by atoms with Crippen molar-refractivity contribution in [2.24, 2.45) is 0 Å². The van der Waals surface area contributed by atoms with E-state index in [9.17, 15) is 0 Å². The Morgan fingerprint density at radius 1 is 0.364 bits per heavy atom. The quantitative estimate of drug-likeness (QED) is 0.195. The molecule has 4 aromatic carbocycles. The minimum absolute atomic E-state index is 0.649. The molecule has 4 heterocycles. The van der Waals surface area contributed by atoms with E-state index in [2.05, 4.69) is 77.8 Å². The van der Waals surface area contributed by atoms with Crippen LogP contribution in [-0.2, 0) is 0 Å². The molecule has 8 aromatic rings. The number of fused-ring (bicyclic) bond motifs is 3. The van der Waals surface area contributed by atoms with Gasteiger partial charge in [0, 0.05) is 34.3 Å². The van der Waals surface area contributed by atoms with Crippen LogP contribution >= 0.6 is 0 Å². The number of para-hydroxylation sites is 1. The number of pyridine rings is 3. The van der Waals surface area contributed by atoms with Gasteiger partial charge in [0.1, 0.15) is 0 Å². The van der Waals surface area contributed by atoms with Crippen LogP contribution in [0.5, 0.6) is 0 Å². The van der Waals surface area contributed by atoms with Crippen molar-refractivity contribution in [2.75, 3.05) is 0 Å². The lowest BCUT2D eigenvalue weighted by Gasteiger charge is -2.12. The van der Waals surface area contributed by atoms with Gasteiger partial charge in [-0.25, -0.2) is 19.9 Å². The second-order valence-corrected chi connectivity index (χ2v) is 10.6. The first-order valence-electron chi connectivity index (χ1n) is 14.5. The third kappa shape index (κ3) is 4.76. The lowest BCUT2D eigenvalue weighted by Crippen LogP contribution is -1.98. The Hall–Kier alpha value is -6.07. The maximum atomic E-state index is 5.13. The number of benzene rings is 4. The van der Waals surface area contributed by atoms with Crippen LogP contribution in [0.1, 0.15) is 0 Å². The molecule has 206 valence electrons. The summed E-state index contributed by atoms with van der Waals surface area (Å²) in [6, 6.07) is 47.2. The van der Waals surface area contributed by atoms with Gasteiger partial charge in [-0.05, 0) is 46.8 Å². The van der Waals surface area contributed by atoms with Crippen LogP contribution in [0.3, 0.4) is 0 Å². The average Bonchev–Trinajstić information content (AvgIpc) is 3.12. The van der Waals surface area contributed by atoms with Crippen molar-refractivity contribution >= 4 is 21.7 Å². The van der Waals surface area contributed by atoms with Crippen molar-refractivity contribution in [2.45, 2.75) is 0 Å². The fourth-order valence-corrected chi connectivity index (χ4v) is 5.62. The molecule has 0 aliphatic heterocycles. The summed E-state index contributed by atoms with van der Waals surface area (Å²) in [7, 11) is 0. The van der Waals surface area contributed by atoms with Crippen LogP contribution in [0.25, 0.3) is 78.2 Å². The van der Waals surface area contributed by atoms with E-state index in [-0.39, 0.29) is 0 Å². The topological polar surface area (TPSA) is 64.5 Å². The fraction of sp³-hybridized carbons (Fsp3) is 0. The number of rotatable bonds is 5. The molecule has 5 nitrogen and oxygen atoms in total. The predicted octanol–water partition coefficient (Wildman–Crippen LogP) is 9.30.